The fourth-order valence-corrected chi connectivity index (χ4v) is 25.0. The Bertz CT molecular complexity index is 3530. The van der Waals surface area contributed by atoms with E-state index < -0.39 is 46.8 Å². The highest BCUT2D eigenvalue weighted by Gasteiger charge is 2.69. The van der Waals surface area contributed by atoms with Crippen LogP contribution in [0.5, 0.6) is 0 Å². The second-order valence-corrected chi connectivity index (χ2v) is 52.0. The highest BCUT2D eigenvalue weighted by Crippen LogP contribution is 2.56. The predicted molar refractivity (Wildman–Crippen MR) is 453 cm³/mol. The molecule has 15 fully saturated rings. The fraction of sp³-hybridized carbons (Fsp3) is 0.863. The SMILES string of the molecule is C=C1C[C@@H]2CCC(=O)/C=C/[C@H](O[Si](C)(C)C(C)(C)C)[C@@H]3OC4CC[C@H](CC(=O)C[C@@H]5[C@@H](C)[C@@H](C[C@H](O)CC)O[C@H]5C[C@H]5O[C@@H](CC[C@@H]1O2)C[C@@H](C)C5=C)O[C@@H]4[C@H](C)[C@@H]3O[Si](C)(C)C(C)(C)C.C=C1C[C@@H]2CCC34C[C@H]5O[C@@H]6[C@@H](OC7CC[C@H](CC(=O)C[C@@H]8[C@@H](C)[C@@H](C[C@H](O)CC)O[C@H]8C[C@H]8O[C@@H](CC[C@@H]1O2)C[C@@H](C)C8=C)O[C@@H]7[C@@H]6O3)[C@H]5O4. The molecule has 2 N–H and O–H groups in total. The summed E-state index contributed by atoms with van der Waals surface area (Å²) in [5.41, 5.74) is 4.45. The van der Waals surface area contributed by atoms with E-state index in [0.29, 0.717) is 95.8 Å². The Hall–Kier alpha value is -2.54. The normalized spacial score (nSPS) is 46.0. The number of allylic oxidation sites excluding steroid dienone is 1. The van der Waals surface area contributed by atoms with Crippen molar-refractivity contribution in [2.75, 3.05) is 0 Å². The van der Waals surface area contributed by atoms with E-state index in [4.69, 9.17) is 70.4 Å². The number of ketones is 3. The van der Waals surface area contributed by atoms with Crippen LogP contribution in [0.15, 0.2) is 60.8 Å². The molecule has 0 aromatic carbocycles. The number of fused-ring (bicyclic) bond motifs is 8. The molecule has 20 nitrogen and oxygen atoms in total. The smallest absolute Gasteiger partial charge is 0.193 e. The Balaban J connectivity index is 0.000000198. The van der Waals surface area contributed by atoms with Gasteiger partial charge >= 0.3 is 0 Å². The van der Waals surface area contributed by atoms with E-state index >= 15 is 0 Å². The van der Waals surface area contributed by atoms with Crippen molar-refractivity contribution in [1.29, 1.82) is 0 Å². The van der Waals surface area contributed by atoms with Gasteiger partial charge in [-0.2, -0.15) is 0 Å². The molecule has 22 heteroatoms. The molecular formula is C95H152O20Si2. The van der Waals surface area contributed by atoms with Crippen LogP contribution in [0, 0.1) is 41.4 Å². The van der Waals surface area contributed by atoms with Crippen LogP contribution in [0.25, 0.3) is 0 Å². The molecule has 117 heavy (non-hydrogen) atoms. The zero-order chi connectivity index (χ0) is 83.9. The Labute approximate surface area is 703 Å². The minimum atomic E-state index is -2.38. The standard InChI is InChI=1S/C54H92O10Si2.C41H60O10/c1-17-37(55)30-47-35(5)43-29-39(57)28-42-22-25-45-50(60-42)36(6)51(64-66(15,16)54(10,11)12)52(62-45)46(63-65(13,14)53(7,8)9)23-19-38(56)18-20-40-27-33(3)44(58-40)24-21-41-26-32(2)34(4)48(59-41)31-49(43)61-47;1-6-24(42)17-32-23(5)29-16-25(43)15-27-8-10-31-36(46-27)40-39-38(48-31)37-35(49-39)19-41(50-37,51-40)12-11-28-14-21(3)30(44-28)9-7-26-13-20(2)22(4)33(45-26)18-34(29)47-32/h19,23,32,35-37,40-52,55H,3-4,17-18,20-22,24-31H2,1-2,5-16H3;20,23-24,26-40,42H,3-4,6-19H2,1-2,5H3/b23-19+;/t32-,35-,36+,37-,40+,41+,42-,43-,44+,45?,46+,47-,48-,49+,50-,51+,52+;20-,23-,24-,26+,27-,28+,29-,30+,31?,32-,33-,34+,35-,36+,37+,38+,39-,40+,41?/m11/s1. The van der Waals surface area contributed by atoms with Gasteiger partial charge < -0.3 is 80.6 Å². The molecule has 18 aliphatic heterocycles. The molecule has 15 saturated heterocycles. The number of ether oxygens (including phenoxy) is 13. The van der Waals surface area contributed by atoms with Crippen molar-refractivity contribution in [3.63, 3.8) is 0 Å². The van der Waals surface area contributed by atoms with Crippen LogP contribution in [0.3, 0.4) is 0 Å². The number of Topliss-reactive ketones (excluding diaryl/α,β-unsaturated/α-hetero) is 2. The Morgan fingerprint density at radius 3 is 1.42 bits per heavy atom. The van der Waals surface area contributed by atoms with Gasteiger partial charge in [-0.1, -0.05) is 122 Å². The number of hydrogen-bond acceptors (Lipinski definition) is 20. The quantitative estimate of drug-likeness (QED) is 0.153. The van der Waals surface area contributed by atoms with Crippen LogP contribution >= 0.6 is 0 Å². The second-order valence-electron chi connectivity index (χ2n) is 42.5. The number of carbonyl (C=O) groups is 3. The lowest BCUT2D eigenvalue weighted by Crippen LogP contribution is -2.64. The summed E-state index contributed by atoms with van der Waals surface area (Å²) in [5, 5.41) is 21.3. The van der Waals surface area contributed by atoms with Crippen molar-refractivity contribution in [2.24, 2.45) is 41.4 Å². The van der Waals surface area contributed by atoms with E-state index in [-0.39, 0.29) is 209 Å². The number of aliphatic hydroxyl groups is 2. The van der Waals surface area contributed by atoms with Crippen LogP contribution in [0.1, 0.15) is 263 Å². The Morgan fingerprint density at radius 1 is 0.453 bits per heavy atom. The maximum Gasteiger partial charge on any atom is 0.193 e. The van der Waals surface area contributed by atoms with Crippen molar-refractivity contribution in [3.05, 3.63) is 60.8 Å². The van der Waals surface area contributed by atoms with E-state index in [1.165, 1.54) is 0 Å². The summed E-state index contributed by atoms with van der Waals surface area (Å²) >= 11 is 0. The van der Waals surface area contributed by atoms with Crippen molar-refractivity contribution < 1.29 is 95.0 Å². The molecule has 18 aliphatic rings. The maximum atomic E-state index is 14.4. The summed E-state index contributed by atoms with van der Waals surface area (Å²) in [7, 11) is -4.75. The second kappa shape index (κ2) is 36.8. The van der Waals surface area contributed by atoms with Crippen molar-refractivity contribution in [2.45, 2.75) is 476 Å². The highest BCUT2D eigenvalue weighted by molar-refractivity contribution is 6.74. The maximum absolute atomic E-state index is 14.4. The monoisotopic (exact) mass is 1670 g/mol. The lowest BCUT2D eigenvalue weighted by Gasteiger charge is -2.54. The first-order valence-electron chi connectivity index (χ1n) is 46.5. The molecule has 0 aromatic heterocycles. The summed E-state index contributed by atoms with van der Waals surface area (Å²) in [6.45, 7) is 55.6. The molecule has 0 aromatic rings. The van der Waals surface area contributed by atoms with Gasteiger partial charge in [0.2, 0.25) is 0 Å². The molecule has 0 saturated carbocycles. The topological polar surface area (TPSA) is 230 Å². The van der Waals surface area contributed by atoms with Crippen molar-refractivity contribution in [1.82, 2.24) is 0 Å². The summed E-state index contributed by atoms with van der Waals surface area (Å²) in [4.78, 5) is 42.3. The molecule has 0 amide bonds. The first kappa shape index (κ1) is 90.7. The molecule has 20 bridgehead atoms. The predicted octanol–water partition coefficient (Wildman–Crippen LogP) is 16.9. The summed E-state index contributed by atoms with van der Waals surface area (Å²) in [5.74, 6) is 0.440. The highest BCUT2D eigenvalue weighted by atomic mass is 28.4. The zero-order valence-electron chi connectivity index (χ0n) is 74.5. The average Bonchev–Trinajstić information content (AvgIpc) is 1.55. The summed E-state index contributed by atoms with van der Waals surface area (Å²) < 4.78 is 103. The van der Waals surface area contributed by atoms with Crippen LogP contribution in [0.4, 0.5) is 0 Å². The van der Waals surface area contributed by atoms with E-state index in [1.54, 1.807) is 6.08 Å². The van der Waals surface area contributed by atoms with Gasteiger partial charge in [0.25, 0.3) is 0 Å². The molecule has 0 radical (unpaired) electrons. The van der Waals surface area contributed by atoms with Gasteiger partial charge in [0.1, 0.15) is 48.2 Å². The van der Waals surface area contributed by atoms with Gasteiger partial charge in [-0.15, -0.1) is 0 Å². The molecule has 660 valence electrons. The molecule has 1 spiro atoms. The molecule has 18 rings (SSSR count). The third kappa shape index (κ3) is 20.2. The van der Waals surface area contributed by atoms with Crippen LogP contribution in [0.2, 0.25) is 36.3 Å². The van der Waals surface area contributed by atoms with Crippen molar-refractivity contribution >= 4 is 34.0 Å². The van der Waals surface area contributed by atoms with Gasteiger partial charge in [-0.25, -0.2) is 0 Å². The van der Waals surface area contributed by atoms with E-state index in [9.17, 15) is 24.6 Å². The van der Waals surface area contributed by atoms with Crippen LogP contribution < -0.4 is 0 Å². The minimum absolute atomic E-state index is 0.0115. The van der Waals surface area contributed by atoms with Gasteiger partial charge in [0, 0.05) is 63.7 Å². The van der Waals surface area contributed by atoms with E-state index in [2.05, 4.69) is 129 Å². The lowest BCUT2D eigenvalue weighted by molar-refractivity contribution is -0.292. The molecule has 36 atom stereocenters. The number of rotatable bonds is 10. The minimum Gasteiger partial charge on any atom is -0.411 e. The average molecular weight is 1670 g/mol. The van der Waals surface area contributed by atoms with Gasteiger partial charge in [0.15, 0.2) is 28.2 Å². The van der Waals surface area contributed by atoms with Gasteiger partial charge in [0.05, 0.1) is 134 Å². The Morgan fingerprint density at radius 2 is 0.897 bits per heavy atom. The Kier molecular flexibility index (Phi) is 28.5. The first-order valence-corrected chi connectivity index (χ1v) is 52.3. The summed E-state index contributed by atoms with van der Waals surface area (Å²) in [6, 6.07) is 0. The van der Waals surface area contributed by atoms with E-state index in [0.717, 1.165) is 106 Å². The lowest BCUT2D eigenvalue weighted by atomic mass is 9.78. The molecule has 3 unspecified atom stereocenters. The third-order valence-corrected chi connectivity index (χ3v) is 41.0. The van der Waals surface area contributed by atoms with Crippen LogP contribution in [-0.2, 0) is 84.8 Å². The van der Waals surface area contributed by atoms with Gasteiger partial charge in [-0.05, 0) is 216 Å². The number of hydrogen-bond donors (Lipinski definition) is 2. The van der Waals surface area contributed by atoms with E-state index in [1.807, 2.05) is 19.9 Å². The summed E-state index contributed by atoms with van der Waals surface area (Å²) in [6.07, 6.45) is 16.7. The molecule has 18 heterocycles. The largest absolute Gasteiger partial charge is 0.411 e. The van der Waals surface area contributed by atoms with Gasteiger partial charge in [-0.3, -0.25) is 14.4 Å². The zero-order valence-corrected chi connectivity index (χ0v) is 76.5. The number of carbonyl (C=O) groups excluding carboxylic acids is 3. The van der Waals surface area contributed by atoms with Crippen molar-refractivity contribution in [3.8, 4) is 0 Å². The number of aliphatic hydroxyl groups excluding tert-OH is 2. The van der Waals surface area contributed by atoms with Crippen LogP contribution in [-0.4, -0.2) is 221 Å². The molecule has 0 aliphatic carbocycles. The molecular weight excluding hydrogens is 1520 g/mol. The third-order valence-electron chi connectivity index (χ3n) is 32.0. The fourth-order valence-electron chi connectivity index (χ4n) is 22.4. The first-order chi connectivity index (χ1) is 55.2.